The Morgan fingerprint density at radius 1 is 1.16 bits per heavy atom. The number of amides is 1. The molecule has 0 atom stereocenters. The molecule has 0 radical (unpaired) electrons. The summed E-state index contributed by atoms with van der Waals surface area (Å²) in [5.74, 6) is 0.890. The zero-order valence-electron chi connectivity index (χ0n) is 14.3. The van der Waals surface area contributed by atoms with Crippen LogP contribution in [-0.2, 0) is 11.2 Å². The van der Waals surface area contributed by atoms with E-state index in [4.69, 9.17) is 4.74 Å². The van der Waals surface area contributed by atoms with Gasteiger partial charge >= 0.3 is 0 Å². The second-order valence-electron chi connectivity index (χ2n) is 6.57. The van der Waals surface area contributed by atoms with Crippen molar-refractivity contribution in [3.05, 3.63) is 60.4 Å². The maximum absolute atomic E-state index is 12.4. The average Bonchev–Trinajstić information content (AvgIpc) is 2.67. The molecular formula is C20H24N2O3. The van der Waals surface area contributed by atoms with Gasteiger partial charge in [-0.2, -0.15) is 0 Å². The van der Waals surface area contributed by atoms with E-state index in [1.165, 1.54) is 0 Å². The normalized spacial score (nSPS) is 16.4. The summed E-state index contributed by atoms with van der Waals surface area (Å²) >= 11 is 0. The van der Waals surface area contributed by atoms with E-state index in [2.05, 4.69) is 4.98 Å². The van der Waals surface area contributed by atoms with Crippen molar-refractivity contribution in [1.29, 1.82) is 0 Å². The molecule has 1 aliphatic heterocycles. The molecule has 0 unspecified atom stereocenters. The molecule has 0 spiro atoms. The molecule has 1 saturated heterocycles. The van der Waals surface area contributed by atoms with Gasteiger partial charge in [0.05, 0.1) is 0 Å². The van der Waals surface area contributed by atoms with Gasteiger partial charge in [0.25, 0.3) is 0 Å². The van der Waals surface area contributed by atoms with Crippen LogP contribution in [0.5, 0.6) is 5.75 Å². The Kier molecular flexibility index (Phi) is 5.66. The predicted octanol–water partition coefficient (Wildman–Crippen LogP) is 2.45. The molecule has 1 aromatic carbocycles. The lowest BCUT2D eigenvalue weighted by molar-refractivity contribution is -0.136. The number of carbonyl (C=O) groups excluding carboxylic acids is 1. The summed E-state index contributed by atoms with van der Waals surface area (Å²) in [6.45, 7) is 1.40. The van der Waals surface area contributed by atoms with Crippen molar-refractivity contribution in [1.82, 2.24) is 9.88 Å². The highest BCUT2D eigenvalue weighted by molar-refractivity contribution is 5.76. The molecular weight excluding hydrogens is 316 g/mol. The van der Waals surface area contributed by atoms with Crippen LogP contribution in [0.4, 0.5) is 0 Å². The van der Waals surface area contributed by atoms with Crippen molar-refractivity contribution >= 4 is 5.91 Å². The molecule has 132 valence electrons. The van der Waals surface area contributed by atoms with E-state index in [9.17, 15) is 9.90 Å². The molecule has 5 heteroatoms. The first-order chi connectivity index (χ1) is 12.1. The van der Waals surface area contributed by atoms with Crippen LogP contribution < -0.4 is 4.74 Å². The third-order valence-corrected chi connectivity index (χ3v) is 4.65. The molecule has 1 N–H and O–H groups in total. The highest BCUT2D eigenvalue weighted by Gasteiger charge is 2.34. The van der Waals surface area contributed by atoms with E-state index >= 15 is 0 Å². The SMILES string of the molecule is O=C(CCc1cccnc1)N1CCC(O)(COc2ccccc2)CC1. The number of aliphatic hydroxyl groups is 1. The second kappa shape index (κ2) is 8.12. The van der Waals surface area contributed by atoms with Crippen molar-refractivity contribution in [3.8, 4) is 5.75 Å². The second-order valence-corrected chi connectivity index (χ2v) is 6.57. The number of hydrogen-bond acceptors (Lipinski definition) is 4. The topological polar surface area (TPSA) is 62.7 Å². The first kappa shape index (κ1) is 17.4. The Hall–Kier alpha value is -2.40. The zero-order valence-corrected chi connectivity index (χ0v) is 14.3. The van der Waals surface area contributed by atoms with Gasteiger partial charge in [0, 0.05) is 31.9 Å². The lowest BCUT2D eigenvalue weighted by atomic mass is 9.92. The fourth-order valence-corrected chi connectivity index (χ4v) is 3.01. The van der Waals surface area contributed by atoms with E-state index in [0.717, 1.165) is 11.3 Å². The Labute approximate surface area is 148 Å². The Bertz CT molecular complexity index is 668. The van der Waals surface area contributed by atoms with Gasteiger partial charge in [-0.3, -0.25) is 9.78 Å². The quantitative estimate of drug-likeness (QED) is 0.877. The van der Waals surface area contributed by atoms with Gasteiger partial charge in [-0.05, 0) is 43.0 Å². The molecule has 3 rings (SSSR count). The molecule has 2 heterocycles. The molecule has 0 aliphatic carbocycles. The maximum Gasteiger partial charge on any atom is 0.222 e. The van der Waals surface area contributed by atoms with Gasteiger partial charge in [0.15, 0.2) is 0 Å². The first-order valence-electron chi connectivity index (χ1n) is 8.72. The number of likely N-dealkylation sites (tertiary alicyclic amines) is 1. The Morgan fingerprint density at radius 2 is 1.92 bits per heavy atom. The molecule has 0 bridgehead atoms. The van der Waals surface area contributed by atoms with Crippen molar-refractivity contribution in [2.45, 2.75) is 31.3 Å². The van der Waals surface area contributed by atoms with Crippen LogP contribution >= 0.6 is 0 Å². The summed E-state index contributed by atoms with van der Waals surface area (Å²) in [6, 6.07) is 13.4. The van der Waals surface area contributed by atoms with Crippen LogP contribution in [0.3, 0.4) is 0 Å². The van der Waals surface area contributed by atoms with Crippen molar-refractivity contribution in [3.63, 3.8) is 0 Å². The molecule has 1 amide bonds. The van der Waals surface area contributed by atoms with Crippen LogP contribution in [0.25, 0.3) is 0 Å². The number of benzene rings is 1. The van der Waals surface area contributed by atoms with Crippen LogP contribution in [-0.4, -0.2) is 46.2 Å². The summed E-state index contributed by atoms with van der Waals surface area (Å²) in [5.41, 5.74) is 0.205. The largest absolute Gasteiger partial charge is 0.491 e. The maximum atomic E-state index is 12.4. The summed E-state index contributed by atoms with van der Waals surface area (Å²) in [7, 11) is 0. The lowest BCUT2D eigenvalue weighted by Gasteiger charge is -2.38. The van der Waals surface area contributed by atoms with E-state index in [1.54, 1.807) is 12.4 Å². The smallest absolute Gasteiger partial charge is 0.222 e. The van der Waals surface area contributed by atoms with E-state index < -0.39 is 5.60 Å². The third kappa shape index (κ3) is 5.03. The fraction of sp³-hybridized carbons (Fsp3) is 0.400. The summed E-state index contributed by atoms with van der Waals surface area (Å²) in [5, 5.41) is 10.7. The third-order valence-electron chi connectivity index (χ3n) is 4.65. The van der Waals surface area contributed by atoms with Crippen molar-refractivity contribution in [2.75, 3.05) is 19.7 Å². The van der Waals surface area contributed by atoms with Gasteiger partial charge in [-0.1, -0.05) is 24.3 Å². The molecule has 2 aromatic rings. The number of aryl methyl sites for hydroxylation is 1. The highest BCUT2D eigenvalue weighted by Crippen LogP contribution is 2.24. The summed E-state index contributed by atoms with van der Waals surface area (Å²) in [4.78, 5) is 18.3. The van der Waals surface area contributed by atoms with Crippen LogP contribution in [0, 0.1) is 0 Å². The molecule has 5 nitrogen and oxygen atoms in total. The Balaban J connectivity index is 1.43. The van der Waals surface area contributed by atoms with Crippen molar-refractivity contribution in [2.24, 2.45) is 0 Å². The monoisotopic (exact) mass is 340 g/mol. The molecule has 1 aliphatic rings. The standard InChI is InChI=1S/C20H24N2O3/c23-19(9-8-17-5-4-12-21-15-17)22-13-10-20(24,11-14-22)16-25-18-6-2-1-3-7-18/h1-7,12,15,24H,8-11,13-14,16H2. The van der Waals surface area contributed by atoms with Gasteiger partial charge in [0.2, 0.25) is 5.91 Å². The number of hydrogen-bond donors (Lipinski definition) is 1. The van der Waals surface area contributed by atoms with Crippen LogP contribution in [0.15, 0.2) is 54.9 Å². The molecule has 0 saturated carbocycles. The zero-order chi connectivity index (χ0) is 17.5. The minimum atomic E-state index is -0.865. The number of carbonyl (C=O) groups is 1. The van der Waals surface area contributed by atoms with E-state index in [0.29, 0.717) is 38.8 Å². The van der Waals surface area contributed by atoms with Gasteiger partial charge in [0.1, 0.15) is 18.0 Å². The van der Waals surface area contributed by atoms with Crippen molar-refractivity contribution < 1.29 is 14.6 Å². The number of rotatable bonds is 6. The minimum absolute atomic E-state index is 0.134. The number of aromatic nitrogens is 1. The number of piperidine rings is 1. The molecule has 25 heavy (non-hydrogen) atoms. The predicted molar refractivity (Wildman–Crippen MR) is 95.3 cm³/mol. The molecule has 1 fully saturated rings. The van der Waals surface area contributed by atoms with E-state index in [-0.39, 0.29) is 12.5 Å². The van der Waals surface area contributed by atoms with Gasteiger partial charge in [-0.25, -0.2) is 0 Å². The van der Waals surface area contributed by atoms with Crippen LogP contribution in [0.1, 0.15) is 24.8 Å². The fourth-order valence-electron chi connectivity index (χ4n) is 3.01. The highest BCUT2D eigenvalue weighted by atomic mass is 16.5. The molecule has 1 aromatic heterocycles. The number of para-hydroxylation sites is 1. The minimum Gasteiger partial charge on any atom is -0.491 e. The lowest BCUT2D eigenvalue weighted by Crippen LogP contribution is -2.49. The Morgan fingerprint density at radius 3 is 2.60 bits per heavy atom. The summed E-state index contributed by atoms with van der Waals surface area (Å²) in [6.07, 6.45) is 5.78. The van der Waals surface area contributed by atoms with Gasteiger partial charge in [-0.15, -0.1) is 0 Å². The number of nitrogens with zero attached hydrogens (tertiary/aromatic N) is 2. The summed E-state index contributed by atoms with van der Waals surface area (Å²) < 4.78 is 5.69. The average molecular weight is 340 g/mol. The van der Waals surface area contributed by atoms with E-state index in [1.807, 2.05) is 47.4 Å². The van der Waals surface area contributed by atoms with Gasteiger partial charge < -0.3 is 14.7 Å². The number of pyridine rings is 1. The number of ether oxygens (including phenoxy) is 1. The van der Waals surface area contributed by atoms with Crippen LogP contribution in [0.2, 0.25) is 0 Å². The first-order valence-corrected chi connectivity index (χ1v) is 8.72.